The van der Waals surface area contributed by atoms with Crippen molar-refractivity contribution in [3.05, 3.63) is 0 Å². The van der Waals surface area contributed by atoms with E-state index in [1.54, 1.807) is 0 Å². The summed E-state index contributed by atoms with van der Waals surface area (Å²) in [5.74, 6) is 0.982. The molecule has 0 radical (unpaired) electrons. The number of fused-ring (bicyclic) bond motifs is 1. The van der Waals surface area contributed by atoms with Crippen molar-refractivity contribution in [2.45, 2.75) is 32.2 Å². The molecule has 2 fully saturated rings. The van der Waals surface area contributed by atoms with Crippen LogP contribution in [0.25, 0.3) is 0 Å². The van der Waals surface area contributed by atoms with Gasteiger partial charge < -0.3 is 4.90 Å². The molecule has 0 aromatic carbocycles. The lowest BCUT2D eigenvalue weighted by Gasteiger charge is -2.12. The van der Waals surface area contributed by atoms with Crippen molar-refractivity contribution >= 4 is 0 Å². The smallest absolute Gasteiger partial charge is 0.00988 e. The second kappa shape index (κ2) is 3.78. The molecule has 0 saturated carbocycles. The van der Waals surface area contributed by atoms with Crippen LogP contribution < -0.4 is 0 Å². The van der Waals surface area contributed by atoms with Crippen LogP contribution >= 0.6 is 0 Å². The third-order valence-electron chi connectivity index (χ3n) is 2.72. The molecular weight excluding hydrogens is 134 g/mol. The summed E-state index contributed by atoms with van der Waals surface area (Å²) in [7, 11) is 0. The van der Waals surface area contributed by atoms with Gasteiger partial charge in [0.25, 0.3) is 0 Å². The standard InChI is InChI=1S/C8H15N.C2H2/c1-7-5-8-3-2-4-9(8)6-7;1-2/h7-8H,2-6H2,1H3;1-2H/t7-,8?;/m0./s1. The molecule has 0 aromatic rings. The van der Waals surface area contributed by atoms with Gasteiger partial charge in [-0.2, -0.15) is 0 Å². The fourth-order valence-corrected chi connectivity index (χ4v) is 2.34. The maximum Gasteiger partial charge on any atom is 0.00988 e. The molecule has 1 nitrogen and oxygen atoms in total. The number of hydrogen-bond acceptors (Lipinski definition) is 1. The highest BCUT2D eigenvalue weighted by Gasteiger charge is 2.32. The first-order valence-electron chi connectivity index (χ1n) is 4.43. The zero-order valence-corrected chi connectivity index (χ0v) is 7.29. The molecule has 2 rings (SSSR count). The van der Waals surface area contributed by atoms with Gasteiger partial charge >= 0.3 is 0 Å². The Bertz CT molecular complexity index is 127. The van der Waals surface area contributed by atoms with Crippen LogP contribution in [0, 0.1) is 18.8 Å². The Balaban J connectivity index is 0.000000281. The quantitative estimate of drug-likeness (QED) is 0.477. The molecule has 2 aliphatic heterocycles. The van der Waals surface area contributed by atoms with Crippen LogP contribution in [0.2, 0.25) is 0 Å². The molecule has 11 heavy (non-hydrogen) atoms. The summed E-state index contributed by atoms with van der Waals surface area (Å²) in [5, 5.41) is 0. The molecule has 2 heterocycles. The van der Waals surface area contributed by atoms with Crippen molar-refractivity contribution in [2.75, 3.05) is 13.1 Å². The lowest BCUT2D eigenvalue weighted by atomic mass is 10.1. The van der Waals surface area contributed by atoms with E-state index >= 15 is 0 Å². The highest BCUT2D eigenvalue weighted by Crippen LogP contribution is 2.30. The summed E-state index contributed by atoms with van der Waals surface area (Å²) < 4.78 is 0. The topological polar surface area (TPSA) is 3.24 Å². The summed E-state index contributed by atoms with van der Waals surface area (Å²) in [6, 6.07) is 0.986. The number of rotatable bonds is 0. The molecule has 0 aromatic heterocycles. The second-order valence-electron chi connectivity index (χ2n) is 3.63. The van der Waals surface area contributed by atoms with E-state index in [2.05, 4.69) is 24.7 Å². The van der Waals surface area contributed by atoms with E-state index < -0.39 is 0 Å². The molecule has 1 heteroatoms. The van der Waals surface area contributed by atoms with Gasteiger partial charge in [0.05, 0.1) is 0 Å². The first-order chi connectivity index (χ1) is 5.36. The Morgan fingerprint density at radius 1 is 1.36 bits per heavy atom. The van der Waals surface area contributed by atoms with Crippen LogP contribution in [0.1, 0.15) is 26.2 Å². The molecule has 2 aliphatic rings. The zero-order valence-electron chi connectivity index (χ0n) is 7.29. The van der Waals surface area contributed by atoms with E-state index in [-0.39, 0.29) is 0 Å². The van der Waals surface area contributed by atoms with Crippen molar-refractivity contribution in [3.63, 3.8) is 0 Å². The van der Waals surface area contributed by atoms with Gasteiger partial charge in [0.2, 0.25) is 0 Å². The van der Waals surface area contributed by atoms with Crippen molar-refractivity contribution < 1.29 is 0 Å². The van der Waals surface area contributed by atoms with Crippen molar-refractivity contribution in [1.29, 1.82) is 0 Å². The fourth-order valence-electron chi connectivity index (χ4n) is 2.34. The number of hydrogen-bond donors (Lipinski definition) is 0. The molecule has 0 spiro atoms. The van der Waals surface area contributed by atoms with Crippen LogP contribution in [-0.4, -0.2) is 24.0 Å². The molecule has 1 unspecified atom stereocenters. The van der Waals surface area contributed by atoms with E-state index in [4.69, 9.17) is 0 Å². The Morgan fingerprint density at radius 2 is 2.09 bits per heavy atom. The molecule has 0 bridgehead atoms. The summed E-state index contributed by atoms with van der Waals surface area (Å²) in [5.41, 5.74) is 0. The van der Waals surface area contributed by atoms with Gasteiger partial charge in [-0.1, -0.05) is 6.92 Å². The summed E-state index contributed by atoms with van der Waals surface area (Å²) >= 11 is 0. The van der Waals surface area contributed by atoms with Crippen molar-refractivity contribution in [2.24, 2.45) is 5.92 Å². The van der Waals surface area contributed by atoms with Gasteiger partial charge in [0, 0.05) is 12.6 Å². The van der Waals surface area contributed by atoms with Gasteiger partial charge in [0.1, 0.15) is 0 Å². The molecular formula is C10H17N. The predicted octanol–water partition coefficient (Wildman–Crippen LogP) is 1.74. The first-order valence-corrected chi connectivity index (χ1v) is 4.43. The fraction of sp³-hybridized carbons (Fsp3) is 0.800. The molecule has 0 aliphatic carbocycles. The lowest BCUT2D eigenvalue weighted by molar-refractivity contribution is 0.319. The molecule has 2 atom stereocenters. The van der Waals surface area contributed by atoms with Gasteiger partial charge in [-0.25, -0.2) is 0 Å². The normalized spacial score (nSPS) is 35.9. The molecule has 2 saturated heterocycles. The van der Waals surface area contributed by atoms with Gasteiger partial charge in [0.15, 0.2) is 0 Å². The second-order valence-corrected chi connectivity index (χ2v) is 3.63. The van der Waals surface area contributed by atoms with Gasteiger partial charge in [-0.05, 0) is 31.7 Å². The third kappa shape index (κ3) is 1.75. The summed E-state index contributed by atoms with van der Waals surface area (Å²) in [6.45, 7) is 5.14. The summed E-state index contributed by atoms with van der Waals surface area (Å²) in [6.07, 6.45) is 12.4. The average Bonchev–Trinajstić information content (AvgIpc) is 2.51. The van der Waals surface area contributed by atoms with E-state index in [0.717, 1.165) is 12.0 Å². The Morgan fingerprint density at radius 3 is 2.73 bits per heavy atom. The zero-order chi connectivity index (χ0) is 8.27. The number of nitrogens with zero attached hydrogens (tertiary/aromatic N) is 1. The van der Waals surface area contributed by atoms with Crippen LogP contribution in [-0.2, 0) is 0 Å². The highest BCUT2D eigenvalue weighted by atomic mass is 15.2. The Kier molecular flexibility index (Phi) is 2.96. The minimum absolute atomic E-state index is 0.982. The molecule has 0 amide bonds. The largest absolute Gasteiger partial charge is 0.300 e. The molecule has 62 valence electrons. The minimum Gasteiger partial charge on any atom is -0.300 e. The van der Waals surface area contributed by atoms with E-state index in [1.165, 1.54) is 32.4 Å². The van der Waals surface area contributed by atoms with Crippen molar-refractivity contribution in [1.82, 2.24) is 4.90 Å². The lowest BCUT2D eigenvalue weighted by Crippen LogP contribution is -2.22. The maximum atomic E-state index is 4.00. The third-order valence-corrected chi connectivity index (χ3v) is 2.72. The first kappa shape index (κ1) is 8.62. The summed E-state index contributed by atoms with van der Waals surface area (Å²) in [4.78, 5) is 2.66. The predicted molar refractivity (Wildman–Crippen MR) is 48.3 cm³/mol. The number of terminal acetylenes is 1. The van der Waals surface area contributed by atoms with E-state index in [1.807, 2.05) is 0 Å². The van der Waals surface area contributed by atoms with Crippen LogP contribution in [0.4, 0.5) is 0 Å². The highest BCUT2D eigenvalue weighted by molar-refractivity contribution is 4.87. The SMILES string of the molecule is C#C.C[C@H]1CC2CCCN2C1. The maximum absolute atomic E-state index is 4.00. The van der Waals surface area contributed by atoms with Crippen LogP contribution in [0.5, 0.6) is 0 Å². The van der Waals surface area contributed by atoms with Crippen LogP contribution in [0.15, 0.2) is 0 Å². The Hall–Kier alpha value is -0.480. The van der Waals surface area contributed by atoms with E-state index in [0.29, 0.717) is 0 Å². The minimum atomic E-state index is 0.982. The van der Waals surface area contributed by atoms with Gasteiger partial charge in [-0.15, -0.1) is 12.8 Å². The van der Waals surface area contributed by atoms with Gasteiger partial charge in [-0.3, -0.25) is 0 Å². The molecule has 0 N–H and O–H groups in total. The average molecular weight is 151 g/mol. The van der Waals surface area contributed by atoms with Crippen LogP contribution in [0.3, 0.4) is 0 Å². The van der Waals surface area contributed by atoms with Crippen molar-refractivity contribution in [3.8, 4) is 12.8 Å². The van der Waals surface area contributed by atoms with E-state index in [9.17, 15) is 0 Å². The Labute approximate surface area is 69.8 Å². The monoisotopic (exact) mass is 151 g/mol.